The van der Waals surface area contributed by atoms with E-state index in [1.807, 2.05) is 68.0 Å². The molecular weight excluding hydrogens is 388 g/mol. The van der Waals surface area contributed by atoms with Gasteiger partial charge < -0.3 is 9.80 Å². The van der Waals surface area contributed by atoms with E-state index >= 15 is 0 Å². The fourth-order valence-corrected chi connectivity index (χ4v) is 3.44. The lowest BCUT2D eigenvalue weighted by Gasteiger charge is -2.32. The number of nitrogens with zero attached hydrogens (tertiary/aromatic N) is 6. The average molecular weight is 413 g/mol. The highest BCUT2D eigenvalue weighted by molar-refractivity contribution is 6.30. The summed E-state index contributed by atoms with van der Waals surface area (Å²) in [6.07, 6.45) is 4.82. The molecule has 0 fully saturated rings. The first-order chi connectivity index (χ1) is 13.9. The van der Waals surface area contributed by atoms with Gasteiger partial charge in [-0.1, -0.05) is 23.2 Å². The van der Waals surface area contributed by atoms with Crippen LogP contribution in [-0.2, 0) is 0 Å². The quantitative estimate of drug-likeness (QED) is 0.593. The minimum absolute atomic E-state index is 0.0334. The van der Waals surface area contributed by atoms with E-state index in [0.29, 0.717) is 29.4 Å². The Morgan fingerprint density at radius 1 is 1.21 bits per heavy atom. The topological polar surface area (TPSA) is 67.2 Å². The van der Waals surface area contributed by atoms with Crippen molar-refractivity contribution < 1.29 is 4.79 Å². The van der Waals surface area contributed by atoms with Gasteiger partial charge in [0, 0.05) is 32.4 Å². The van der Waals surface area contributed by atoms with E-state index in [1.165, 1.54) is 4.80 Å². The first kappa shape index (κ1) is 20.8. The number of carbonyl (C=O) groups is 1. The number of pyridine rings is 1. The summed E-state index contributed by atoms with van der Waals surface area (Å²) in [5.41, 5.74) is 2.27. The molecule has 1 aromatic carbocycles. The second-order valence-corrected chi connectivity index (χ2v) is 7.43. The van der Waals surface area contributed by atoms with Crippen LogP contribution in [0.1, 0.15) is 29.8 Å². The van der Waals surface area contributed by atoms with Gasteiger partial charge in [-0.2, -0.15) is 15.0 Å². The first-order valence-corrected chi connectivity index (χ1v) is 9.89. The van der Waals surface area contributed by atoms with E-state index in [9.17, 15) is 4.79 Å². The van der Waals surface area contributed by atoms with E-state index < -0.39 is 0 Å². The van der Waals surface area contributed by atoms with Gasteiger partial charge in [0.25, 0.3) is 5.91 Å². The van der Waals surface area contributed by atoms with Crippen LogP contribution in [0.3, 0.4) is 0 Å². The number of halogens is 1. The second kappa shape index (κ2) is 9.05. The van der Waals surface area contributed by atoms with Crippen LogP contribution in [0.25, 0.3) is 5.69 Å². The lowest BCUT2D eigenvalue weighted by molar-refractivity contribution is 0.0708. The van der Waals surface area contributed by atoms with E-state index in [1.54, 1.807) is 18.6 Å². The van der Waals surface area contributed by atoms with Crippen molar-refractivity contribution in [3.05, 3.63) is 65.1 Å². The molecule has 0 aliphatic carbocycles. The summed E-state index contributed by atoms with van der Waals surface area (Å²) in [5.74, 6) is 0.759. The summed E-state index contributed by atoms with van der Waals surface area (Å²) in [5, 5.41) is 8.98. The van der Waals surface area contributed by atoms with E-state index in [4.69, 9.17) is 11.6 Å². The molecule has 2 aromatic heterocycles. The van der Waals surface area contributed by atoms with Crippen molar-refractivity contribution in [2.75, 3.05) is 25.0 Å². The summed E-state index contributed by atoms with van der Waals surface area (Å²) in [4.78, 5) is 23.2. The highest BCUT2D eigenvalue weighted by Gasteiger charge is 2.24. The number of rotatable bonds is 7. The van der Waals surface area contributed by atoms with Crippen LogP contribution in [0.15, 0.2) is 48.9 Å². The third-order valence-electron chi connectivity index (χ3n) is 4.79. The average Bonchev–Trinajstić information content (AvgIpc) is 3.23. The van der Waals surface area contributed by atoms with Gasteiger partial charge in [0.2, 0.25) is 0 Å². The molecule has 29 heavy (non-hydrogen) atoms. The molecule has 0 saturated heterocycles. The molecule has 0 aliphatic rings. The molecule has 0 radical (unpaired) electrons. The van der Waals surface area contributed by atoms with Crippen LogP contribution in [0.5, 0.6) is 0 Å². The largest absolute Gasteiger partial charge is 0.358 e. The molecule has 3 rings (SSSR count). The first-order valence-electron chi connectivity index (χ1n) is 9.51. The zero-order chi connectivity index (χ0) is 21.0. The maximum Gasteiger partial charge on any atom is 0.256 e. The molecular formula is C21H25ClN6O. The zero-order valence-electron chi connectivity index (χ0n) is 17.1. The fourth-order valence-electron chi connectivity index (χ4n) is 3.33. The Hall–Kier alpha value is -2.93. The Balaban J connectivity index is 1.83. The number of hydrogen-bond donors (Lipinski definition) is 0. The predicted molar refractivity (Wildman–Crippen MR) is 115 cm³/mol. The van der Waals surface area contributed by atoms with Gasteiger partial charge in [-0.25, -0.2) is 4.98 Å². The minimum Gasteiger partial charge on any atom is -0.358 e. The molecule has 0 spiro atoms. The van der Waals surface area contributed by atoms with Crippen molar-refractivity contribution in [2.24, 2.45) is 0 Å². The Bertz CT molecular complexity index is 958. The highest BCUT2D eigenvalue weighted by atomic mass is 35.5. The van der Waals surface area contributed by atoms with E-state index in [0.717, 1.165) is 11.4 Å². The van der Waals surface area contributed by atoms with Gasteiger partial charge in [-0.15, -0.1) is 0 Å². The van der Waals surface area contributed by atoms with Crippen LogP contribution in [0, 0.1) is 6.92 Å². The van der Waals surface area contributed by atoms with Crippen molar-refractivity contribution in [1.82, 2.24) is 24.9 Å². The standard InChI is InChI=1S/C21H25ClN6O/c1-5-27(16(3)14-26(4)20-9-7-17(22)13-23-20)21(29)18-12-15(2)6-8-19(18)28-24-10-11-25-28/h6-13,16H,5,14H2,1-4H3/t16-/m0/s1. The van der Waals surface area contributed by atoms with Crippen LogP contribution in [0.4, 0.5) is 5.82 Å². The molecule has 0 N–H and O–H groups in total. The lowest BCUT2D eigenvalue weighted by Crippen LogP contribution is -2.45. The van der Waals surface area contributed by atoms with Gasteiger partial charge in [-0.3, -0.25) is 4.79 Å². The third kappa shape index (κ3) is 4.74. The Morgan fingerprint density at radius 3 is 2.55 bits per heavy atom. The number of carbonyl (C=O) groups excluding carboxylic acids is 1. The smallest absolute Gasteiger partial charge is 0.256 e. The Morgan fingerprint density at radius 2 is 1.93 bits per heavy atom. The van der Waals surface area contributed by atoms with Crippen molar-refractivity contribution in [2.45, 2.75) is 26.8 Å². The molecule has 2 heterocycles. The maximum atomic E-state index is 13.5. The maximum absolute atomic E-state index is 13.5. The Kier molecular flexibility index (Phi) is 6.49. The monoisotopic (exact) mass is 412 g/mol. The minimum atomic E-state index is -0.0477. The number of anilines is 1. The van der Waals surface area contributed by atoms with Crippen LogP contribution < -0.4 is 4.90 Å². The number of likely N-dealkylation sites (N-methyl/N-ethyl adjacent to an activating group) is 2. The van der Waals surface area contributed by atoms with Crippen molar-refractivity contribution in [3.8, 4) is 5.69 Å². The molecule has 3 aromatic rings. The summed E-state index contributed by atoms with van der Waals surface area (Å²) < 4.78 is 0. The zero-order valence-corrected chi connectivity index (χ0v) is 17.8. The highest BCUT2D eigenvalue weighted by Crippen LogP contribution is 2.20. The molecule has 0 unspecified atom stereocenters. The molecule has 1 atom stereocenters. The number of amides is 1. The molecule has 0 bridgehead atoms. The van der Waals surface area contributed by atoms with Crippen molar-refractivity contribution in [1.29, 1.82) is 0 Å². The molecule has 152 valence electrons. The van der Waals surface area contributed by atoms with Crippen molar-refractivity contribution >= 4 is 23.3 Å². The van der Waals surface area contributed by atoms with Crippen molar-refractivity contribution in [3.63, 3.8) is 0 Å². The molecule has 0 aliphatic heterocycles. The SMILES string of the molecule is CCN(C(=O)c1cc(C)ccc1-n1nccn1)[C@@H](C)CN(C)c1ccc(Cl)cn1. The fraction of sp³-hybridized carbons (Fsp3) is 0.333. The van der Waals surface area contributed by atoms with Gasteiger partial charge in [0.1, 0.15) is 5.82 Å². The van der Waals surface area contributed by atoms with Crippen LogP contribution in [0.2, 0.25) is 5.02 Å². The normalized spacial score (nSPS) is 11.9. The third-order valence-corrected chi connectivity index (χ3v) is 5.01. The lowest BCUT2D eigenvalue weighted by atomic mass is 10.1. The Labute approximate surface area is 175 Å². The molecule has 8 heteroatoms. The van der Waals surface area contributed by atoms with Gasteiger partial charge >= 0.3 is 0 Å². The number of hydrogen-bond acceptors (Lipinski definition) is 5. The number of aromatic nitrogens is 4. The predicted octanol–water partition coefficient (Wildman–Crippen LogP) is 3.61. The summed E-state index contributed by atoms with van der Waals surface area (Å²) >= 11 is 5.93. The molecule has 1 amide bonds. The van der Waals surface area contributed by atoms with Gasteiger partial charge in [0.15, 0.2) is 0 Å². The molecule has 7 nitrogen and oxygen atoms in total. The summed E-state index contributed by atoms with van der Waals surface area (Å²) in [6.45, 7) is 7.21. The van der Waals surface area contributed by atoms with Gasteiger partial charge in [-0.05, 0) is 45.0 Å². The summed E-state index contributed by atoms with van der Waals surface area (Å²) in [7, 11) is 1.96. The summed E-state index contributed by atoms with van der Waals surface area (Å²) in [6, 6.07) is 9.37. The molecule has 0 saturated carbocycles. The van der Waals surface area contributed by atoms with Crippen LogP contribution >= 0.6 is 11.6 Å². The second-order valence-electron chi connectivity index (χ2n) is 6.99. The van der Waals surface area contributed by atoms with E-state index in [2.05, 4.69) is 15.2 Å². The van der Waals surface area contributed by atoms with Crippen LogP contribution in [-0.4, -0.2) is 57.0 Å². The number of benzene rings is 1. The van der Waals surface area contributed by atoms with E-state index in [-0.39, 0.29) is 11.9 Å². The number of aryl methyl sites for hydroxylation is 1. The van der Waals surface area contributed by atoms with Gasteiger partial charge in [0.05, 0.1) is 28.7 Å².